The Balaban J connectivity index is 2.08. The van der Waals surface area contributed by atoms with Gasteiger partial charge in [-0.3, -0.25) is 4.79 Å². The van der Waals surface area contributed by atoms with Gasteiger partial charge in [0.15, 0.2) is 6.10 Å². The van der Waals surface area contributed by atoms with Crippen LogP contribution in [0.15, 0.2) is 0 Å². The molecule has 126 valence electrons. The van der Waals surface area contributed by atoms with E-state index in [1.165, 1.54) is 6.92 Å². The highest BCUT2D eigenvalue weighted by atomic mass is 16.5. The fourth-order valence-electron chi connectivity index (χ4n) is 2.28. The number of carbonyl (C=O) groups is 3. The Kier molecular flexibility index (Phi) is 5.08. The molecule has 1 atom stereocenters. The minimum atomic E-state index is -0.892. The molecule has 1 fully saturated rings. The van der Waals surface area contributed by atoms with E-state index in [2.05, 4.69) is 10.3 Å². The predicted molar refractivity (Wildman–Crippen MR) is 82.3 cm³/mol. The SMILES string of the molecule is CCOC(=O)c1c(C)[nH]c(C(=O)O[C@@H](C)C(=O)NC2CC2)c1C. The fourth-order valence-corrected chi connectivity index (χ4v) is 2.28. The molecule has 7 nitrogen and oxygen atoms in total. The largest absolute Gasteiger partial charge is 0.462 e. The van der Waals surface area contributed by atoms with Gasteiger partial charge >= 0.3 is 11.9 Å². The first-order valence-corrected chi connectivity index (χ1v) is 7.72. The molecule has 0 unspecified atom stereocenters. The number of aromatic amines is 1. The number of esters is 2. The van der Waals surface area contributed by atoms with Gasteiger partial charge in [-0.25, -0.2) is 9.59 Å². The minimum absolute atomic E-state index is 0.164. The number of amides is 1. The van der Waals surface area contributed by atoms with E-state index in [1.807, 2.05) is 0 Å². The van der Waals surface area contributed by atoms with Gasteiger partial charge in [0.05, 0.1) is 12.2 Å². The van der Waals surface area contributed by atoms with Crippen LogP contribution in [0.3, 0.4) is 0 Å². The highest BCUT2D eigenvalue weighted by molar-refractivity contribution is 5.99. The highest BCUT2D eigenvalue weighted by Gasteiger charge is 2.29. The highest BCUT2D eigenvalue weighted by Crippen LogP contribution is 2.21. The molecule has 2 rings (SSSR count). The van der Waals surface area contributed by atoms with Crippen LogP contribution >= 0.6 is 0 Å². The summed E-state index contributed by atoms with van der Waals surface area (Å²) in [5, 5.41) is 2.78. The molecule has 1 amide bonds. The number of nitrogens with one attached hydrogen (secondary N) is 2. The Labute approximate surface area is 134 Å². The van der Waals surface area contributed by atoms with E-state index in [0.29, 0.717) is 16.8 Å². The molecule has 1 aromatic heterocycles. The number of rotatable bonds is 6. The smallest absolute Gasteiger partial charge is 0.355 e. The summed E-state index contributed by atoms with van der Waals surface area (Å²) < 4.78 is 10.2. The lowest BCUT2D eigenvalue weighted by Gasteiger charge is -2.13. The average molecular weight is 322 g/mol. The summed E-state index contributed by atoms with van der Waals surface area (Å²) in [5.74, 6) is -1.47. The number of hydrogen-bond donors (Lipinski definition) is 2. The first-order valence-electron chi connectivity index (χ1n) is 7.72. The van der Waals surface area contributed by atoms with Crippen molar-refractivity contribution >= 4 is 17.8 Å². The van der Waals surface area contributed by atoms with Crippen molar-refractivity contribution in [3.8, 4) is 0 Å². The Hall–Kier alpha value is -2.31. The number of aromatic nitrogens is 1. The molecule has 0 radical (unpaired) electrons. The van der Waals surface area contributed by atoms with E-state index in [1.54, 1.807) is 20.8 Å². The van der Waals surface area contributed by atoms with Crippen molar-refractivity contribution in [1.82, 2.24) is 10.3 Å². The van der Waals surface area contributed by atoms with Gasteiger partial charge in [0.1, 0.15) is 5.69 Å². The molecular weight excluding hydrogens is 300 g/mol. The third-order valence-corrected chi connectivity index (χ3v) is 3.70. The van der Waals surface area contributed by atoms with Gasteiger partial charge in [-0.05, 0) is 46.1 Å². The lowest BCUT2D eigenvalue weighted by Crippen LogP contribution is -2.37. The lowest BCUT2D eigenvalue weighted by atomic mass is 10.1. The summed E-state index contributed by atoms with van der Waals surface area (Å²) in [6.07, 6.45) is 1.03. The van der Waals surface area contributed by atoms with E-state index in [0.717, 1.165) is 12.8 Å². The van der Waals surface area contributed by atoms with E-state index in [4.69, 9.17) is 9.47 Å². The van der Waals surface area contributed by atoms with Crippen LogP contribution in [-0.4, -0.2) is 41.6 Å². The maximum Gasteiger partial charge on any atom is 0.355 e. The van der Waals surface area contributed by atoms with Gasteiger partial charge in [0.25, 0.3) is 5.91 Å². The molecule has 0 saturated heterocycles. The van der Waals surface area contributed by atoms with Crippen LogP contribution in [0.25, 0.3) is 0 Å². The summed E-state index contributed by atoms with van der Waals surface area (Å²) in [5.41, 5.74) is 1.48. The molecule has 0 aromatic carbocycles. The maximum atomic E-state index is 12.2. The van der Waals surface area contributed by atoms with E-state index >= 15 is 0 Å². The van der Waals surface area contributed by atoms with Crippen molar-refractivity contribution in [2.75, 3.05) is 6.61 Å². The molecule has 23 heavy (non-hydrogen) atoms. The van der Waals surface area contributed by atoms with Crippen LogP contribution in [0.5, 0.6) is 0 Å². The summed E-state index contributed by atoms with van der Waals surface area (Å²) in [7, 11) is 0. The van der Waals surface area contributed by atoms with Crippen LogP contribution in [0.4, 0.5) is 0 Å². The number of carbonyl (C=O) groups excluding carboxylic acids is 3. The van der Waals surface area contributed by atoms with Gasteiger partial charge in [-0.2, -0.15) is 0 Å². The van der Waals surface area contributed by atoms with Crippen molar-refractivity contribution in [3.05, 3.63) is 22.5 Å². The molecule has 0 bridgehead atoms. The second-order valence-corrected chi connectivity index (χ2v) is 5.68. The van der Waals surface area contributed by atoms with Gasteiger partial charge < -0.3 is 19.8 Å². The molecule has 0 aliphatic heterocycles. The third kappa shape index (κ3) is 3.91. The van der Waals surface area contributed by atoms with E-state index < -0.39 is 18.0 Å². The van der Waals surface area contributed by atoms with Gasteiger partial charge in [-0.15, -0.1) is 0 Å². The van der Waals surface area contributed by atoms with Crippen molar-refractivity contribution in [2.45, 2.75) is 52.7 Å². The molecule has 7 heteroatoms. The molecule has 1 aromatic rings. The van der Waals surface area contributed by atoms with Crippen LogP contribution < -0.4 is 5.32 Å². The van der Waals surface area contributed by atoms with Crippen molar-refractivity contribution < 1.29 is 23.9 Å². The van der Waals surface area contributed by atoms with Crippen LogP contribution in [-0.2, 0) is 14.3 Å². The molecule has 1 aliphatic rings. The first-order chi connectivity index (χ1) is 10.8. The zero-order valence-electron chi connectivity index (χ0n) is 13.8. The number of hydrogen-bond acceptors (Lipinski definition) is 5. The zero-order valence-corrected chi connectivity index (χ0v) is 13.8. The predicted octanol–water partition coefficient (Wildman–Crippen LogP) is 1.63. The maximum absolute atomic E-state index is 12.2. The topological polar surface area (TPSA) is 97.5 Å². The lowest BCUT2D eigenvalue weighted by molar-refractivity contribution is -0.129. The normalized spacial score (nSPS) is 15.0. The Bertz CT molecular complexity index is 631. The van der Waals surface area contributed by atoms with E-state index in [9.17, 15) is 14.4 Å². The molecule has 2 N–H and O–H groups in total. The van der Waals surface area contributed by atoms with Crippen LogP contribution in [0, 0.1) is 13.8 Å². The van der Waals surface area contributed by atoms with Gasteiger partial charge in [0, 0.05) is 11.7 Å². The Morgan fingerprint density at radius 1 is 1.26 bits per heavy atom. The quantitative estimate of drug-likeness (QED) is 0.776. The number of H-pyrrole nitrogens is 1. The first kappa shape index (κ1) is 17.1. The van der Waals surface area contributed by atoms with Crippen molar-refractivity contribution in [3.63, 3.8) is 0 Å². The second-order valence-electron chi connectivity index (χ2n) is 5.68. The van der Waals surface area contributed by atoms with Crippen molar-refractivity contribution in [2.24, 2.45) is 0 Å². The molecular formula is C16H22N2O5. The second kappa shape index (κ2) is 6.85. The minimum Gasteiger partial charge on any atom is -0.462 e. The molecule has 1 heterocycles. The Morgan fingerprint density at radius 3 is 2.48 bits per heavy atom. The van der Waals surface area contributed by atoms with E-state index in [-0.39, 0.29) is 24.2 Å². The Morgan fingerprint density at radius 2 is 1.91 bits per heavy atom. The molecule has 1 saturated carbocycles. The summed E-state index contributed by atoms with van der Waals surface area (Å²) in [6, 6.07) is 0.202. The van der Waals surface area contributed by atoms with Crippen molar-refractivity contribution in [1.29, 1.82) is 0 Å². The summed E-state index contributed by atoms with van der Waals surface area (Å²) in [6.45, 7) is 6.80. The van der Waals surface area contributed by atoms with Crippen LogP contribution in [0.2, 0.25) is 0 Å². The fraction of sp³-hybridized carbons (Fsp3) is 0.562. The monoisotopic (exact) mass is 322 g/mol. The zero-order chi connectivity index (χ0) is 17.1. The molecule has 0 spiro atoms. The average Bonchev–Trinajstić information content (AvgIpc) is 3.23. The van der Waals surface area contributed by atoms with Gasteiger partial charge in [0.2, 0.25) is 0 Å². The van der Waals surface area contributed by atoms with Gasteiger partial charge in [-0.1, -0.05) is 0 Å². The summed E-state index contributed by atoms with van der Waals surface area (Å²) >= 11 is 0. The van der Waals surface area contributed by atoms with Crippen LogP contribution in [0.1, 0.15) is 58.8 Å². The number of ether oxygens (including phenoxy) is 2. The standard InChI is InChI=1S/C16H22N2O5/c1-5-22-15(20)12-8(2)13(17-9(12)3)16(21)23-10(4)14(19)18-11-6-7-11/h10-11,17H,5-7H2,1-4H3,(H,18,19)/t10-/m0/s1. The number of aryl methyl sites for hydroxylation is 1. The summed E-state index contributed by atoms with van der Waals surface area (Å²) in [4.78, 5) is 38.8. The third-order valence-electron chi connectivity index (χ3n) is 3.70. The molecule has 1 aliphatic carbocycles.